The van der Waals surface area contributed by atoms with Crippen LogP contribution in [0.3, 0.4) is 0 Å². The van der Waals surface area contributed by atoms with Crippen LogP contribution in [0.5, 0.6) is 11.5 Å². The second-order valence-electron chi connectivity index (χ2n) is 8.13. The second-order valence-corrected chi connectivity index (χ2v) is 8.13. The number of anilines is 2. The molecule has 0 bridgehead atoms. The summed E-state index contributed by atoms with van der Waals surface area (Å²) < 4.78 is 16.3. The standard InChI is InChI=1S/C23H27N5O4/c1-15-12-25-22-21-20(10-17(13-24-21)26-4-6-32-7-5-26)27(23(29)28(15)22)14-16-8-18(30-2)11-19(9-16)31-3/h8-11,13,15H,4-7,12,14H2,1-3H3. The van der Waals surface area contributed by atoms with E-state index in [1.165, 1.54) is 0 Å². The first-order valence-electron chi connectivity index (χ1n) is 10.8. The quantitative estimate of drug-likeness (QED) is 0.715. The molecule has 2 aromatic rings. The molecular weight excluding hydrogens is 410 g/mol. The fourth-order valence-electron chi connectivity index (χ4n) is 4.39. The summed E-state index contributed by atoms with van der Waals surface area (Å²) in [5, 5.41) is 0. The average Bonchev–Trinajstić information content (AvgIpc) is 3.23. The van der Waals surface area contributed by atoms with Crippen molar-refractivity contribution in [3.8, 4) is 11.5 Å². The Labute approximate surface area is 187 Å². The molecule has 1 aromatic heterocycles. The van der Waals surface area contributed by atoms with Crippen molar-refractivity contribution in [3.05, 3.63) is 41.7 Å². The predicted molar refractivity (Wildman–Crippen MR) is 121 cm³/mol. The van der Waals surface area contributed by atoms with Gasteiger partial charge in [-0.05, 0) is 30.7 Å². The monoisotopic (exact) mass is 437 g/mol. The molecule has 4 heterocycles. The molecule has 9 nitrogen and oxygen atoms in total. The highest BCUT2D eigenvalue weighted by Crippen LogP contribution is 2.36. The van der Waals surface area contributed by atoms with Gasteiger partial charge in [-0.2, -0.15) is 0 Å². The van der Waals surface area contributed by atoms with E-state index in [-0.39, 0.29) is 12.1 Å². The first-order chi connectivity index (χ1) is 15.6. The zero-order valence-electron chi connectivity index (χ0n) is 18.6. The Morgan fingerprint density at radius 2 is 1.81 bits per heavy atom. The average molecular weight is 438 g/mol. The maximum Gasteiger partial charge on any atom is 0.330 e. The molecule has 1 fully saturated rings. The number of aromatic nitrogens is 1. The van der Waals surface area contributed by atoms with Gasteiger partial charge in [0.1, 0.15) is 17.2 Å². The van der Waals surface area contributed by atoms with Crippen LogP contribution in [-0.4, -0.2) is 74.9 Å². The van der Waals surface area contributed by atoms with Crippen LogP contribution in [0.2, 0.25) is 0 Å². The van der Waals surface area contributed by atoms with Crippen molar-refractivity contribution in [2.45, 2.75) is 19.5 Å². The molecule has 3 aliphatic rings. The Balaban J connectivity index is 1.57. The molecule has 1 atom stereocenters. The summed E-state index contributed by atoms with van der Waals surface area (Å²) in [6, 6.07) is 7.61. The normalized spacial score (nSPS) is 20.1. The van der Waals surface area contributed by atoms with E-state index in [1.54, 1.807) is 24.0 Å². The lowest BCUT2D eigenvalue weighted by Gasteiger charge is -2.38. The lowest BCUT2D eigenvalue weighted by Crippen LogP contribution is -2.52. The molecule has 2 amide bonds. The lowest BCUT2D eigenvalue weighted by molar-refractivity contribution is 0.122. The number of pyridine rings is 1. The summed E-state index contributed by atoms with van der Waals surface area (Å²) >= 11 is 0. The van der Waals surface area contributed by atoms with Crippen molar-refractivity contribution >= 4 is 23.2 Å². The maximum absolute atomic E-state index is 13.6. The largest absolute Gasteiger partial charge is 0.497 e. The number of rotatable bonds is 5. The number of amides is 2. The number of ether oxygens (including phenoxy) is 3. The number of carbonyl (C=O) groups is 1. The van der Waals surface area contributed by atoms with Gasteiger partial charge in [-0.25, -0.2) is 9.78 Å². The molecule has 5 rings (SSSR count). The fourth-order valence-corrected chi connectivity index (χ4v) is 4.39. The van der Waals surface area contributed by atoms with E-state index in [9.17, 15) is 4.79 Å². The van der Waals surface area contributed by atoms with Crippen LogP contribution in [0.25, 0.3) is 0 Å². The summed E-state index contributed by atoms with van der Waals surface area (Å²) in [5.74, 6) is 2.02. The highest BCUT2D eigenvalue weighted by Gasteiger charge is 2.42. The zero-order chi connectivity index (χ0) is 22.2. The summed E-state index contributed by atoms with van der Waals surface area (Å²) in [6.07, 6.45) is 1.87. The van der Waals surface area contributed by atoms with Crippen LogP contribution in [0.4, 0.5) is 16.2 Å². The Bertz CT molecular complexity index is 1040. The van der Waals surface area contributed by atoms with E-state index in [2.05, 4.69) is 9.89 Å². The fraction of sp³-hybridized carbons (Fsp3) is 0.435. The van der Waals surface area contributed by atoms with Crippen molar-refractivity contribution in [1.29, 1.82) is 0 Å². The van der Waals surface area contributed by atoms with Crippen LogP contribution < -0.4 is 19.3 Å². The van der Waals surface area contributed by atoms with Gasteiger partial charge in [0.2, 0.25) is 0 Å². The number of aliphatic imine (C=N–C) groups is 1. The number of hydrogen-bond donors (Lipinski definition) is 0. The number of methoxy groups -OCH3 is 2. The van der Waals surface area contributed by atoms with Crippen LogP contribution in [0.15, 0.2) is 35.5 Å². The van der Waals surface area contributed by atoms with Gasteiger partial charge in [0.15, 0.2) is 5.84 Å². The van der Waals surface area contributed by atoms with E-state index in [1.807, 2.05) is 37.4 Å². The molecule has 1 aromatic carbocycles. The molecule has 32 heavy (non-hydrogen) atoms. The van der Waals surface area contributed by atoms with Crippen LogP contribution in [0.1, 0.15) is 18.2 Å². The number of fused-ring (bicyclic) bond motifs is 3. The molecule has 0 aliphatic carbocycles. The summed E-state index contributed by atoms with van der Waals surface area (Å²) in [5.41, 5.74) is 3.39. The summed E-state index contributed by atoms with van der Waals surface area (Å²) in [4.78, 5) is 28.8. The minimum Gasteiger partial charge on any atom is -0.497 e. The number of morpholine rings is 1. The molecule has 1 saturated heterocycles. The van der Waals surface area contributed by atoms with Crippen molar-refractivity contribution in [1.82, 2.24) is 9.88 Å². The van der Waals surface area contributed by atoms with E-state index >= 15 is 0 Å². The first kappa shape index (κ1) is 20.6. The highest BCUT2D eigenvalue weighted by atomic mass is 16.5. The molecule has 0 radical (unpaired) electrons. The first-order valence-corrected chi connectivity index (χ1v) is 10.8. The van der Waals surface area contributed by atoms with Gasteiger partial charge in [-0.3, -0.25) is 14.8 Å². The predicted octanol–water partition coefficient (Wildman–Crippen LogP) is 2.53. The van der Waals surface area contributed by atoms with E-state index in [4.69, 9.17) is 19.2 Å². The van der Waals surface area contributed by atoms with Crippen LogP contribution in [0, 0.1) is 0 Å². The van der Waals surface area contributed by atoms with Gasteiger partial charge in [-0.1, -0.05) is 0 Å². The molecule has 1 unspecified atom stereocenters. The lowest BCUT2D eigenvalue weighted by atomic mass is 10.1. The molecule has 3 aliphatic heterocycles. The topological polar surface area (TPSA) is 79.7 Å². The third kappa shape index (κ3) is 3.52. The van der Waals surface area contributed by atoms with Gasteiger partial charge >= 0.3 is 6.03 Å². The molecule has 0 saturated carbocycles. The Kier molecular flexibility index (Phi) is 5.34. The minimum absolute atomic E-state index is 0.00582. The minimum atomic E-state index is -0.0936. The maximum atomic E-state index is 13.6. The third-order valence-corrected chi connectivity index (χ3v) is 6.10. The highest BCUT2D eigenvalue weighted by molar-refractivity contribution is 6.19. The van der Waals surface area contributed by atoms with E-state index in [0.29, 0.717) is 43.6 Å². The van der Waals surface area contributed by atoms with Gasteiger partial charge in [0, 0.05) is 19.2 Å². The number of hydrogen-bond acceptors (Lipinski definition) is 7. The Morgan fingerprint density at radius 1 is 1.09 bits per heavy atom. The molecule has 9 heteroatoms. The zero-order valence-corrected chi connectivity index (χ0v) is 18.6. The van der Waals surface area contributed by atoms with E-state index < -0.39 is 0 Å². The summed E-state index contributed by atoms with van der Waals surface area (Å²) in [7, 11) is 3.24. The van der Waals surface area contributed by atoms with E-state index in [0.717, 1.165) is 35.7 Å². The van der Waals surface area contributed by atoms with Gasteiger partial charge in [-0.15, -0.1) is 0 Å². The van der Waals surface area contributed by atoms with Crippen molar-refractivity contribution < 1.29 is 19.0 Å². The van der Waals surface area contributed by atoms with Crippen molar-refractivity contribution in [2.24, 2.45) is 4.99 Å². The molecular formula is C23H27N5O4. The number of carbonyl (C=O) groups excluding carboxylic acids is 1. The number of nitrogens with zero attached hydrogens (tertiary/aromatic N) is 5. The van der Waals surface area contributed by atoms with Crippen molar-refractivity contribution in [2.75, 3.05) is 56.9 Å². The Morgan fingerprint density at radius 3 is 2.50 bits per heavy atom. The van der Waals surface area contributed by atoms with Crippen molar-refractivity contribution in [3.63, 3.8) is 0 Å². The van der Waals surface area contributed by atoms with Gasteiger partial charge < -0.3 is 19.1 Å². The summed E-state index contributed by atoms with van der Waals surface area (Å²) in [6.45, 7) is 5.91. The van der Waals surface area contributed by atoms with Crippen LogP contribution in [-0.2, 0) is 11.3 Å². The number of urea groups is 1. The Hall–Kier alpha value is -3.33. The molecule has 168 valence electrons. The smallest absolute Gasteiger partial charge is 0.330 e. The second kappa shape index (κ2) is 8.31. The molecule has 0 N–H and O–H groups in total. The molecule has 0 spiro atoms. The third-order valence-electron chi connectivity index (χ3n) is 6.10. The van der Waals surface area contributed by atoms with Gasteiger partial charge in [0.05, 0.1) is 64.1 Å². The number of benzene rings is 1. The van der Waals surface area contributed by atoms with Crippen LogP contribution >= 0.6 is 0 Å². The SMILES string of the molecule is COc1cc(CN2C(=O)N3C(=NCC3C)c3ncc(N4CCOCC4)cc32)cc(OC)c1. The number of amidine groups is 1. The van der Waals surface area contributed by atoms with Gasteiger partial charge in [0.25, 0.3) is 0 Å².